The smallest absolute Gasteiger partial charge is 0.286 e. The van der Waals surface area contributed by atoms with Crippen LogP contribution in [0.15, 0.2) is 53.1 Å². The number of hydrogen-bond donors (Lipinski definition) is 2. The van der Waals surface area contributed by atoms with Crippen LogP contribution in [0.1, 0.15) is 23.4 Å². The third kappa shape index (κ3) is 4.28. The molecule has 2 N–H and O–H groups in total. The Hall–Kier alpha value is -2.56. The zero-order valence-electron chi connectivity index (χ0n) is 11.0. The average molecular weight is 272 g/mol. The van der Waals surface area contributed by atoms with Crippen LogP contribution in [0.2, 0.25) is 0 Å². The van der Waals surface area contributed by atoms with Crippen molar-refractivity contribution in [3.8, 4) is 0 Å². The monoisotopic (exact) mass is 272 g/mol. The number of rotatable bonds is 6. The Morgan fingerprint density at radius 1 is 1.05 bits per heavy atom. The molecular formula is C15H16N2O3. The molecule has 0 aliphatic rings. The van der Waals surface area contributed by atoms with Gasteiger partial charge < -0.3 is 15.1 Å². The number of anilines is 1. The van der Waals surface area contributed by atoms with Gasteiger partial charge in [-0.25, -0.2) is 0 Å². The van der Waals surface area contributed by atoms with Crippen molar-refractivity contribution in [2.75, 3.05) is 11.9 Å². The minimum absolute atomic E-state index is 0.0663. The number of carbonyl (C=O) groups excluding carboxylic acids is 2. The van der Waals surface area contributed by atoms with Crippen LogP contribution in [0.5, 0.6) is 0 Å². The van der Waals surface area contributed by atoms with Crippen molar-refractivity contribution >= 4 is 17.5 Å². The van der Waals surface area contributed by atoms with Crippen LogP contribution in [0.3, 0.4) is 0 Å². The molecule has 1 aromatic carbocycles. The SMILES string of the molecule is O=C(CCCNC(=O)c1ccco1)Nc1ccccc1. The lowest BCUT2D eigenvalue weighted by Crippen LogP contribution is -2.25. The van der Waals surface area contributed by atoms with Crippen molar-refractivity contribution in [3.05, 3.63) is 54.5 Å². The van der Waals surface area contributed by atoms with Gasteiger partial charge in [0, 0.05) is 18.7 Å². The van der Waals surface area contributed by atoms with Crippen molar-refractivity contribution in [2.24, 2.45) is 0 Å². The predicted octanol–water partition coefficient (Wildman–Crippen LogP) is 2.43. The third-order valence-corrected chi connectivity index (χ3v) is 2.67. The molecule has 1 aromatic heterocycles. The van der Waals surface area contributed by atoms with E-state index in [0.29, 0.717) is 19.4 Å². The first kappa shape index (κ1) is 13.9. The first-order valence-corrected chi connectivity index (χ1v) is 6.42. The van der Waals surface area contributed by atoms with Gasteiger partial charge in [0.2, 0.25) is 5.91 Å². The number of furan rings is 1. The van der Waals surface area contributed by atoms with E-state index in [0.717, 1.165) is 5.69 Å². The third-order valence-electron chi connectivity index (χ3n) is 2.67. The maximum absolute atomic E-state index is 11.6. The number of carbonyl (C=O) groups is 2. The normalized spacial score (nSPS) is 10.0. The van der Waals surface area contributed by atoms with E-state index in [1.807, 2.05) is 30.3 Å². The molecule has 0 bridgehead atoms. The fraction of sp³-hybridized carbons (Fsp3) is 0.200. The van der Waals surface area contributed by atoms with Gasteiger partial charge in [0.25, 0.3) is 5.91 Å². The summed E-state index contributed by atoms with van der Waals surface area (Å²) >= 11 is 0. The van der Waals surface area contributed by atoms with E-state index in [4.69, 9.17) is 4.42 Å². The molecule has 0 fully saturated rings. The quantitative estimate of drug-likeness (QED) is 0.793. The lowest BCUT2D eigenvalue weighted by Gasteiger charge is -2.05. The molecule has 0 saturated carbocycles. The van der Waals surface area contributed by atoms with E-state index in [2.05, 4.69) is 10.6 Å². The lowest BCUT2D eigenvalue weighted by molar-refractivity contribution is -0.116. The summed E-state index contributed by atoms with van der Waals surface area (Å²) in [5.41, 5.74) is 0.775. The Morgan fingerprint density at radius 3 is 2.55 bits per heavy atom. The molecule has 0 aliphatic heterocycles. The highest BCUT2D eigenvalue weighted by Crippen LogP contribution is 2.06. The minimum atomic E-state index is -0.265. The molecule has 0 atom stereocenters. The standard InChI is InChI=1S/C15H16N2O3/c18-14(17-12-6-2-1-3-7-12)9-4-10-16-15(19)13-8-5-11-20-13/h1-3,5-8,11H,4,9-10H2,(H,16,19)(H,17,18). The predicted molar refractivity (Wildman–Crippen MR) is 75.3 cm³/mol. The van der Waals surface area contributed by atoms with Crippen LogP contribution in [-0.4, -0.2) is 18.4 Å². The molecule has 2 rings (SSSR count). The van der Waals surface area contributed by atoms with Gasteiger partial charge in [0.15, 0.2) is 5.76 Å². The van der Waals surface area contributed by atoms with E-state index in [9.17, 15) is 9.59 Å². The molecule has 0 radical (unpaired) electrons. The van der Waals surface area contributed by atoms with E-state index >= 15 is 0 Å². The Balaban J connectivity index is 1.64. The van der Waals surface area contributed by atoms with Crippen LogP contribution >= 0.6 is 0 Å². The zero-order valence-corrected chi connectivity index (χ0v) is 11.0. The first-order chi connectivity index (χ1) is 9.75. The summed E-state index contributed by atoms with van der Waals surface area (Å²) in [6, 6.07) is 12.5. The zero-order chi connectivity index (χ0) is 14.2. The highest BCUT2D eigenvalue weighted by Gasteiger charge is 2.07. The summed E-state index contributed by atoms with van der Waals surface area (Å²) in [4.78, 5) is 23.2. The second-order valence-electron chi connectivity index (χ2n) is 4.25. The molecular weight excluding hydrogens is 256 g/mol. The maximum Gasteiger partial charge on any atom is 0.286 e. The molecule has 2 aromatic rings. The molecule has 20 heavy (non-hydrogen) atoms. The maximum atomic E-state index is 11.6. The van der Waals surface area contributed by atoms with E-state index in [1.165, 1.54) is 6.26 Å². The van der Waals surface area contributed by atoms with Crippen molar-refractivity contribution in [1.82, 2.24) is 5.32 Å². The fourth-order valence-corrected chi connectivity index (χ4v) is 1.69. The van der Waals surface area contributed by atoms with E-state index in [1.54, 1.807) is 12.1 Å². The van der Waals surface area contributed by atoms with Crippen LogP contribution in [-0.2, 0) is 4.79 Å². The Labute approximate surface area is 117 Å². The highest BCUT2D eigenvalue weighted by molar-refractivity contribution is 5.92. The van der Waals surface area contributed by atoms with E-state index in [-0.39, 0.29) is 17.6 Å². The Morgan fingerprint density at radius 2 is 1.85 bits per heavy atom. The second kappa shape index (κ2) is 7.13. The van der Waals surface area contributed by atoms with Gasteiger partial charge in [-0.3, -0.25) is 9.59 Å². The second-order valence-corrected chi connectivity index (χ2v) is 4.25. The Kier molecular flexibility index (Phi) is 4.94. The van der Waals surface area contributed by atoms with Crippen molar-refractivity contribution < 1.29 is 14.0 Å². The number of benzene rings is 1. The highest BCUT2D eigenvalue weighted by atomic mass is 16.3. The molecule has 0 spiro atoms. The summed E-state index contributed by atoms with van der Waals surface area (Å²) in [6.45, 7) is 0.432. The van der Waals surface area contributed by atoms with Crippen molar-refractivity contribution in [3.63, 3.8) is 0 Å². The molecule has 0 unspecified atom stereocenters. The average Bonchev–Trinajstić information content (AvgIpc) is 2.99. The van der Waals surface area contributed by atoms with Gasteiger partial charge >= 0.3 is 0 Å². The summed E-state index contributed by atoms with van der Waals surface area (Å²) in [6.07, 6.45) is 2.38. The van der Waals surface area contributed by atoms with Crippen LogP contribution in [0.4, 0.5) is 5.69 Å². The number of para-hydroxylation sites is 1. The summed E-state index contributed by atoms with van der Waals surface area (Å²) in [5, 5.41) is 5.48. The molecule has 2 amide bonds. The van der Waals surface area contributed by atoms with Crippen molar-refractivity contribution in [1.29, 1.82) is 0 Å². The largest absolute Gasteiger partial charge is 0.459 e. The van der Waals surface area contributed by atoms with Gasteiger partial charge in [0.05, 0.1) is 6.26 Å². The lowest BCUT2D eigenvalue weighted by atomic mass is 10.2. The van der Waals surface area contributed by atoms with Crippen molar-refractivity contribution in [2.45, 2.75) is 12.8 Å². The van der Waals surface area contributed by atoms with Gasteiger partial charge in [-0.05, 0) is 30.7 Å². The topological polar surface area (TPSA) is 71.3 Å². The fourth-order valence-electron chi connectivity index (χ4n) is 1.69. The summed E-state index contributed by atoms with van der Waals surface area (Å²) in [7, 11) is 0. The van der Waals surface area contributed by atoms with Crippen LogP contribution in [0.25, 0.3) is 0 Å². The molecule has 1 heterocycles. The van der Waals surface area contributed by atoms with Gasteiger partial charge in [-0.1, -0.05) is 18.2 Å². The van der Waals surface area contributed by atoms with Gasteiger partial charge in [-0.15, -0.1) is 0 Å². The minimum Gasteiger partial charge on any atom is -0.459 e. The Bertz CT molecular complexity index is 550. The number of hydrogen-bond acceptors (Lipinski definition) is 3. The first-order valence-electron chi connectivity index (χ1n) is 6.42. The molecule has 0 aliphatic carbocycles. The summed E-state index contributed by atoms with van der Waals surface area (Å²) < 4.78 is 4.96. The van der Waals surface area contributed by atoms with Gasteiger partial charge in [0.1, 0.15) is 0 Å². The van der Waals surface area contributed by atoms with Gasteiger partial charge in [-0.2, -0.15) is 0 Å². The molecule has 5 heteroatoms. The summed E-state index contributed by atoms with van der Waals surface area (Å²) in [5.74, 6) is -0.0550. The molecule has 5 nitrogen and oxygen atoms in total. The van der Waals surface area contributed by atoms with Crippen LogP contribution in [0, 0.1) is 0 Å². The number of nitrogens with one attached hydrogen (secondary N) is 2. The molecule has 0 saturated heterocycles. The molecule has 104 valence electrons. The van der Waals surface area contributed by atoms with E-state index < -0.39 is 0 Å². The number of amides is 2. The van der Waals surface area contributed by atoms with Crippen LogP contribution < -0.4 is 10.6 Å².